The van der Waals surface area contributed by atoms with E-state index in [2.05, 4.69) is 29.6 Å². The summed E-state index contributed by atoms with van der Waals surface area (Å²) in [6.07, 6.45) is 6.73. The Morgan fingerprint density at radius 1 is 0.737 bits per heavy atom. The van der Waals surface area contributed by atoms with Crippen LogP contribution in [0.2, 0.25) is 0 Å². The fraction of sp³-hybridized carbons (Fsp3) is 0.647. The quantitative estimate of drug-likeness (QED) is 0.855. The Morgan fingerprint density at radius 3 is 1.74 bits per heavy atom. The van der Waals surface area contributed by atoms with Gasteiger partial charge in [-0.3, -0.25) is 0 Å². The molecule has 1 aliphatic carbocycles. The Labute approximate surface area is 116 Å². The van der Waals surface area contributed by atoms with Crippen LogP contribution in [0.25, 0.3) is 0 Å². The smallest absolute Gasteiger partial charge is 0.0540 e. The van der Waals surface area contributed by atoms with Gasteiger partial charge in [0, 0.05) is 0 Å². The highest BCUT2D eigenvalue weighted by atomic mass is 16.3. The zero-order valence-electron chi connectivity index (χ0n) is 11.6. The summed E-state index contributed by atoms with van der Waals surface area (Å²) < 4.78 is 0. The van der Waals surface area contributed by atoms with Crippen molar-refractivity contribution in [1.82, 2.24) is 5.32 Å². The van der Waals surface area contributed by atoms with Crippen LogP contribution < -0.4 is 5.32 Å². The van der Waals surface area contributed by atoms with Crippen LogP contribution in [0.3, 0.4) is 0 Å². The van der Waals surface area contributed by atoms with Gasteiger partial charge in [0.2, 0.25) is 0 Å². The van der Waals surface area contributed by atoms with E-state index in [0.717, 1.165) is 44.7 Å². The topological polar surface area (TPSA) is 32.3 Å². The summed E-state index contributed by atoms with van der Waals surface area (Å²) in [5.41, 5.74) is 2.99. The van der Waals surface area contributed by atoms with E-state index in [1.807, 2.05) is 0 Å². The molecule has 2 nitrogen and oxygen atoms in total. The summed E-state index contributed by atoms with van der Waals surface area (Å²) in [7, 11) is 0. The lowest BCUT2D eigenvalue weighted by atomic mass is 9.81. The minimum Gasteiger partial charge on any atom is -0.393 e. The highest BCUT2D eigenvalue weighted by Gasteiger charge is 2.21. The molecule has 1 saturated carbocycles. The second-order valence-electron chi connectivity index (χ2n) is 6.20. The SMILES string of the molecule is OC1CCC(c2ccc(C3CCNCC3)cc2)CC1. The van der Waals surface area contributed by atoms with Gasteiger partial charge in [0.15, 0.2) is 0 Å². The van der Waals surface area contributed by atoms with Crippen LogP contribution in [-0.4, -0.2) is 24.3 Å². The van der Waals surface area contributed by atoms with Gasteiger partial charge in [0.05, 0.1) is 6.10 Å². The Balaban J connectivity index is 1.65. The van der Waals surface area contributed by atoms with Crippen molar-refractivity contribution in [2.45, 2.75) is 56.5 Å². The van der Waals surface area contributed by atoms with Crippen LogP contribution in [0.1, 0.15) is 61.5 Å². The molecule has 2 N–H and O–H groups in total. The van der Waals surface area contributed by atoms with Crippen LogP contribution in [0.4, 0.5) is 0 Å². The molecule has 3 rings (SSSR count). The van der Waals surface area contributed by atoms with Gasteiger partial charge in [-0.2, -0.15) is 0 Å². The molecule has 1 heterocycles. The van der Waals surface area contributed by atoms with Crippen molar-refractivity contribution in [3.05, 3.63) is 35.4 Å². The molecule has 0 atom stereocenters. The van der Waals surface area contributed by atoms with Crippen molar-refractivity contribution < 1.29 is 5.11 Å². The van der Waals surface area contributed by atoms with Crippen LogP contribution >= 0.6 is 0 Å². The van der Waals surface area contributed by atoms with Crippen molar-refractivity contribution in [1.29, 1.82) is 0 Å². The highest BCUT2D eigenvalue weighted by Crippen LogP contribution is 2.34. The van der Waals surface area contributed by atoms with Crippen LogP contribution in [0, 0.1) is 0 Å². The first-order valence-corrected chi connectivity index (χ1v) is 7.81. The van der Waals surface area contributed by atoms with E-state index in [9.17, 15) is 5.11 Å². The molecule has 2 fully saturated rings. The van der Waals surface area contributed by atoms with Gasteiger partial charge in [-0.1, -0.05) is 24.3 Å². The molecule has 1 saturated heterocycles. The Hall–Kier alpha value is -0.860. The van der Waals surface area contributed by atoms with Gasteiger partial charge in [-0.25, -0.2) is 0 Å². The summed E-state index contributed by atoms with van der Waals surface area (Å²) in [6, 6.07) is 9.35. The summed E-state index contributed by atoms with van der Waals surface area (Å²) in [5.74, 6) is 1.42. The largest absolute Gasteiger partial charge is 0.393 e. The molecule has 2 aliphatic rings. The lowest BCUT2D eigenvalue weighted by Gasteiger charge is -2.27. The average Bonchev–Trinajstić information content (AvgIpc) is 2.49. The summed E-state index contributed by atoms with van der Waals surface area (Å²) in [6.45, 7) is 2.32. The van der Waals surface area contributed by atoms with E-state index in [1.165, 1.54) is 24.0 Å². The number of benzene rings is 1. The number of hydrogen-bond acceptors (Lipinski definition) is 2. The van der Waals surface area contributed by atoms with Crippen molar-refractivity contribution >= 4 is 0 Å². The van der Waals surface area contributed by atoms with E-state index >= 15 is 0 Å². The lowest BCUT2D eigenvalue weighted by Crippen LogP contribution is -2.26. The molecule has 0 radical (unpaired) electrons. The lowest BCUT2D eigenvalue weighted by molar-refractivity contribution is 0.122. The third-order valence-corrected chi connectivity index (χ3v) is 4.92. The van der Waals surface area contributed by atoms with Gasteiger partial charge < -0.3 is 10.4 Å². The van der Waals surface area contributed by atoms with E-state index in [4.69, 9.17) is 0 Å². The highest BCUT2D eigenvalue weighted by molar-refractivity contribution is 5.28. The van der Waals surface area contributed by atoms with Crippen molar-refractivity contribution in [2.24, 2.45) is 0 Å². The first-order chi connectivity index (χ1) is 9.33. The van der Waals surface area contributed by atoms with Gasteiger partial charge in [0.1, 0.15) is 0 Å². The molecule has 0 amide bonds. The van der Waals surface area contributed by atoms with E-state index in [1.54, 1.807) is 0 Å². The number of hydrogen-bond donors (Lipinski definition) is 2. The molecular weight excluding hydrogens is 234 g/mol. The average molecular weight is 259 g/mol. The first-order valence-electron chi connectivity index (χ1n) is 7.81. The van der Waals surface area contributed by atoms with Crippen LogP contribution in [0.15, 0.2) is 24.3 Å². The van der Waals surface area contributed by atoms with Gasteiger partial charge in [-0.15, -0.1) is 0 Å². The molecule has 2 heteroatoms. The molecule has 0 bridgehead atoms. The molecular formula is C17H25NO. The normalized spacial score (nSPS) is 29.3. The molecule has 104 valence electrons. The van der Waals surface area contributed by atoms with Crippen LogP contribution in [-0.2, 0) is 0 Å². The second-order valence-corrected chi connectivity index (χ2v) is 6.20. The molecule has 1 aromatic carbocycles. The molecule has 19 heavy (non-hydrogen) atoms. The van der Waals surface area contributed by atoms with Gasteiger partial charge in [0.25, 0.3) is 0 Å². The first kappa shape index (κ1) is 13.1. The zero-order chi connectivity index (χ0) is 13.1. The maximum absolute atomic E-state index is 9.58. The maximum atomic E-state index is 9.58. The Kier molecular flexibility index (Phi) is 4.19. The molecule has 0 unspecified atom stereocenters. The molecule has 0 aromatic heterocycles. The summed E-state index contributed by atoms with van der Waals surface area (Å²) in [5, 5.41) is 13.0. The van der Waals surface area contributed by atoms with Crippen molar-refractivity contribution in [3.63, 3.8) is 0 Å². The monoisotopic (exact) mass is 259 g/mol. The fourth-order valence-corrected chi connectivity index (χ4v) is 3.60. The van der Waals surface area contributed by atoms with Gasteiger partial charge >= 0.3 is 0 Å². The minimum atomic E-state index is -0.0507. The number of nitrogens with one attached hydrogen (secondary N) is 1. The molecule has 1 aromatic rings. The number of aliphatic hydroxyl groups excluding tert-OH is 1. The summed E-state index contributed by atoms with van der Waals surface area (Å²) in [4.78, 5) is 0. The Bertz CT molecular complexity index is 386. The predicted molar refractivity (Wildman–Crippen MR) is 78.5 cm³/mol. The molecule has 1 aliphatic heterocycles. The number of rotatable bonds is 2. The third-order valence-electron chi connectivity index (χ3n) is 4.92. The summed E-state index contributed by atoms with van der Waals surface area (Å²) >= 11 is 0. The number of aliphatic hydroxyl groups is 1. The Morgan fingerprint density at radius 2 is 1.21 bits per heavy atom. The van der Waals surface area contributed by atoms with Crippen molar-refractivity contribution in [2.75, 3.05) is 13.1 Å². The standard InChI is InChI=1S/C17H25NO/c19-17-7-5-15(6-8-17)13-1-3-14(4-2-13)16-9-11-18-12-10-16/h1-4,15-19H,5-12H2. The number of piperidine rings is 1. The minimum absolute atomic E-state index is 0.0507. The second kappa shape index (κ2) is 6.06. The third kappa shape index (κ3) is 3.18. The molecule has 0 spiro atoms. The van der Waals surface area contributed by atoms with Crippen molar-refractivity contribution in [3.8, 4) is 0 Å². The fourth-order valence-electron chi connectivity index (χ4n) is 3.60. The predicted octanol–water partition coefficient (Wildman–Crippen LogP) is 3.17. The zero-order valence-corrected chi connectivity index (χ0v) is 11.6. The van der Waals surface area contributed by atoms with E-state index < -0.39 is 0 Å². The van der Waals surface area contributed by atoms with Gasteiger partial charge in [-0.05, 0) is 74.6 Å². The van der Waals surface area contributed by atoms with E-state index in [-0.39, 0.29) is 6.10 Å². The maximum Gasteiger partial charge on any atom is 0.0540 e. The van der Waals surface area contributed by atoms with Crippen LogP contribution in [0.5, 0.6) is 0 Å². The van der Waals surface area contributed by atoms with E-state index in [0.29, 0.717) is 5.92 Å².